The van der Waals surface area contributed by atoms with Crippen molar-refractivity contribution in [2.75, 3.05) is 12.9 Å². The first-order chi connectivity index (χ1) is 12.0. The Morgan fingerprint density at radius 2 is 1.88 bits per heavy atom. The zero-order chi connectivity index (χ0) is 17.8. The molecule has 1 aliphatic carbocycles. The number of nitrogens with zero attached hydrogens (tertiary/aromatic N) is 2. The van der Waals surface area contributed by atoms with E-state index >= 15 is 0 Å². The summed E-state index contributed by atoms with van der Waals surface area (Å²) in [5.74, 6) is 1.69. The van der Waals surface area contributed by atoms with Gasteiger partial charge in [0.25, 0.3) is 0 Å². The summed E-state index contributed by atoms with van der Waals surface area (Å²) in [5, 5.41) is 3.83. The van der Waals surface area contributed by atoms with Crippen molar-refractivity contribution in [2.24, 2.45) is 5.92 Å². The van der Waals surface area contributed by atoms with Gasteiger partial charge in [0.2, 0.25) is 5.91 Å². The second-order valence-corrected chi connectivity index (χ2v) is 7.32. The van der Waals surface area contributed by atoms with Gasteiger partial charge in [0, 0.05) is 11.4 Å². The van der Waals surface area contributed by atoms with Crippen molar-refractivity contribution in [1.29, 1.82) is 0 Å². The van der Waals surface area contributed by atoms with Crippen LogP contribution in [0.5, 0.6) is 5.75 Å². The number of rotatable bonds is 7. The molecule has 132 valence electrons. The first-order valence-corrected chi connectivity index (χ1v) is 9.42. The average molecular weight is 357 g/mol. The number of methoxy groups -OCH3 is 1. The highest BCUT2D eigenvalue weighted by Gasteiger charge is 2.33. The predicted molar refractivity (Wildman–Crippen MR) is 98.8 cm³/mol. The van der Waals surface area contributed by atoms with E-state index in [0.29, 0.717) is 16.8 Å². The van der Waals surface area contributed by atoms with E-state index in [0.717, 1.165) is 35.5 Å². The maximum Gasteiger partial charge on any atom is 0.230 e. The zero-order valence-electron chi connectivity index (χ0n) is 14.8. The molecule has 1 aliphatic rings. The van der Waals surface area contributed by atoms with Gasteiger partial charge in [0.05, 0.1) is 18.9 Å². The third kappa shape index (κ3) is 4.95. The summed E-state index contributed by atoms with van der Waals surface area (Å²) in [6.07, 6.45) is 2.31. The van der Waals surface area contributed by atoms with Crippen molar-refractivity contribution in [3.8, 4) is 5.75 Å². The highest BCUT2D eigenvalue weighted by atomic mass is 32.2. The number of carbonyl (C=O) groups excluding carboxylic acids is 1. The largest absolute Gasteiger partial charge is 0.497 e. The second-order valence-electron chi connectivity index (χ2n) is 6.38. The van der Waals surface area contributed by atoms with Gasteiger partial charge < -0.3 is 10.1 Å². The Bertz CT molecular complexity index is 725. The van der Waals surface area contributed by atoms with Gasteiger partial charge in [-0.05, 0) is 56.4 Å². The third-order valence-electron chi connectivity index (χ3n) is 4.18. The van der Waals surface area contributed by atoms with Crippen molar-refractivity contribution in [2.45, 2.75) is 37.9 Å². The molecule has 1 fully saturated rings. The normalized spacial score (nSPS) is 14.8. The van der Waals surface area contributed by atoms with Crippen molar-refractivity contribution in [1.82, 2.24) is 15.3 Å². The van der Waals surface area contributed by atoms with Gasteiger partial charge in [-0.3, -0.25) is 4.79 Å². The summed E-state index contributed by atoms with van der Waals surface area (Å²) in [4.78, 5) is 21.1. The van der Waals surface area contributed by atoms with Crippen LogP contribution in [-0.2, 0) is 4.79 Å². The van der Waals surface area contributed by atoms with E-state index in [1.54, 1.807) is 7.11 Å². The molecule has 1 heterocycles. The minimum atomic E-state index is 0.0143. The molecule has 25 heavy (non-hydrogen) atoms. The Morgan fingerprint density at radius 1 is 1.24 bits per heavy atom. The molecular weight excluding hydrogens is 334 g/mol. The second kappa shape index (κ2) is 7.87. The number of amides is 1. The van der Waals surface area contributed by atoms with Crippen LogP contribution in [0.4, 0.5) is 0 Å². The molecule has 1 N–H and O–H groups in total. The quantitative estimate of drug-likeness (QED) is 0.607. The molecule has 1 aromatic heterocycles. The summed E-state index contributed by atoms with van der Waals surface area (Å²) in [6, 6.07) is 9.94. The lowest BCUT2D eigenvalue weighted by atomic mass is 10.0. The lowest BCUT2D eigenvalue weighted by Crippen LogP contribution is -2.31. The third-order valence-corrected chi connectivity index (χ3v) is 5.03. The van der Waals surface area contributed by atoms with Gasteiger partial charge in [-0.2, -0.15) is 0 Å². The molecule has 0 unspecified atom stereocenters. The number of aromatic nitrogens is 2. The van der Waals surface area contributed by atoms with Crippen molar-refractivity contribution < 1.29 is 9.53 Å². The van der Waals surface area contributed by atoms with Gasteiger partial charge >= 0.3 is 0 Å². The molecule has 0 aliphatic heterocycles. The summed E-state index contributed by atoms with van der Waals surface area (Å²) in [6.45, 7) is 3.87. The van der Waals surface area contributed by atoms with Crippen molar-refractivity contribution in [3.05, 3.63) is 47.3 Å². The molecule has 2 aromatic rings. The van der Waals surface area contributed by atoms with Gasteiger partial charge in [-0.25, -0.2) is 9.97 Å². The molecule has 0 saturated heterocycles. The lowest BCUT2D eigenvalue weighted by molar-refractivity contribution is -0.119. The Labute approximate surface area is 152 Å². The lowest BCUT2D eigenvalue weighted by Gasteiger charge is -2.19. The molecular formula is C19H23N3O2S. The van der Waals surface area contributed by atoms with E-state index in [2.05, 4.69) is 15.3 Å². The Kier molecular flexibility index (Phi) is 5.58. The monoisotopic (exact) mass is 357 g/mol. The van der Waals surface area contributed by atoms with E-state index in [1.165, 1.54) is 11.8 Å². The SMILES string of the molecule is COc1ccc([C@@H](NC(=O)CSc2nc(C)cc(C)n2)C2CC2)cc1. The smallest absolute Gasteiger partial charge is 0.230 e. The minimum Gasteiger partial charge on any atom is -0.497 e. The van der Waals surface area contributed by atoms with Crippen molar-refractivity contribution >= 4 is 17.7 Å². The minimum absolute atomic E-state index is 0.0143. The number of benzene rings is 1. The molecule has 1 saturated carbocycles. The van der Waals surface area contributed by atoms with Crippen LogP contribution in [-0.4, -0.2) is 28.7 Å². The number of thioether (sulfide) groups is 1. The number of carbonyl (C=O) groups is 1. The molecule has 1 atom stereocenters. The van der Waals surface area contributed by atoms with E-state index in [9.17, 15) is 4.79 Å². The van der Waals surface area contributed by atoms with Gasteiger partial charge in [0.15, 0.2) is 5.16 Å². The standard InChI is InChI=1S/C19H23N3O2S/c1-12-10-13(2)21-19(20-12)25-11-17(23)22-18(14-4-5-14)15-6-8-16(24-3)9-7-15/h6-10,14,18H,4-5,11H2,1-3H3,(H,22,23)/t18-/m0/s1. The fourth-order valence-corrected chi connectivity index (χ4v) is 3.58. The number of aryl methyl sites for hydroxylation is 2. The number of hydrogen-bond acceptors (Lipinski definition) is 5. The molecule has 3 rings (SSSR count). The molecule has 5 nitrogen and oxygen atoms in total. The molecule has 1 amide bonds. The summed E-state index contributed by atoms with van der Waals surface area (Å²) in [7, 11) is 1.65. The maximum absolute atomic E-state index is 12.4. The Morgan fingerprint density at radius 3 is 2.44 bits per heavy atom. The first kappa shape index (κ1) is 17.7. The van der Waals surface area contributed by atoms with E-state index in [4.69, 9.17) is 4.74 Å². The van der Waals surface area contributed by atoms with E-state index in [-0.39, 0.29) is 11.9 Å². The fraction of sp³-hybridized carbons (Fsp3) is 0.421. The number of nitrogens with one attached hydrogen (secondary N) is 1. The van der Waals surface area contributed by atoms with Crippen LogP contribution in [0.25, 0.3) is 0 Å². The Hall–Kier alpha value is -2.08. The fourth-order valence-electron chi connectivity index (χ4n) is 2.82. The highest BCUT2D eigenvalue weighted by Crippen LogP contribution is 2.41. The van der Waals surface area contributed by atoms with Crippen LogP contribution in [0.3, 0.4) is 0 Å². The van der Waals surface area contributed by atoms with Crippen LogP contribution in [0.1, 0.15) is 35.8 Å². The van der Waals surface area contributed by atoms with Crippen LogP contribution in [0.2, 0.25) is 0 Å². The molecule has 1 aromatic carbocycles. The van der Waals surface area contributed by atoms with Crippen molar-refractivity contribution in [3.63, 3.8) is 0 Å². The molecule has 0 radical (unpaired) electrons. The molecule has 0 spiro atoms. The first-order valence-electron chi connectivity index (χ1n) is 8.43. The van der Waals surface area contributed by atoms with Crippen LogP contribution in [0.15, 0.2) is 35.5 Å². The van der Waals surface area contributed by atoms with Crippen LogP contribution in [0, 0.1) is 19.8 Å². The average Bonchev–Trinajstić information content (AvgIpc) is 3.42. The maximum atomic E-state index is 12.4. The Balaban J connectivity index is 1.60. The van der Waals surface area contributed by atoms with Crippen LogP contribution < -0.4 is 10.1 Å². The number of hydrogen-bond donors (Lipinski definition) is 1. The van der Waals surface area contributed by atoms with E-state index < -0.39 is 0 Å². The van der Waals surface area contributed by atoms with Gasteiger partial charge in [-0.15, -0.1) is 0 Å². The predicted octanol–water partition coefficient (Wildman–Crippen LogP) is 3.46. The van der Waals surface area contributed by atoms with Gasteiger partial charge in [-0.1, -0.05) is 23.9 Å². The van der Waals surface area contributed by atoms with Gasteiger partial charge in [0.1, 0.15) is 5.75 Å². The van der Waals surface area contributed by atoms with Crippen LogP contribution >= 0.6 is 11.8 Å². The van der Waals surface area contributed by atoms with E-state index in [1.807, 2.05) is 44.2 Å². The zero-order valence-corrected chi connectivity index (χ0v) is 15.6. The molecule has 6 heteroatoms. The highest BCUT2D eigenvalue weighted by molar-refractivity contribution is 7.99. The summed E-state index contributed by atoms with van der Waals surface area (Å²) >= 11 is 1.38. The summed E-state index contributed by atoms with van der Waals surface area (Å²) < 4.78 is 5.21. The number of ether oxygens (including phenoxy) is 1. The topological polar surface area (TPSA) is 64.1 Å². The summed E-state index contributed by atoms with van der Waals surface area (Å²) in [5.41, 5.74) is 2.97. The molecule has 0 bridgehead atoms.